The molecule has 0 aliphatic rings. The normalized spacial score (nSPS) is 10.4. The van der Waals surface area contributed by atoms with Crippen LogP contribution in [0.1, 0.15) is 16.7 Å². The Morgan fingerprint density at radius 2 is 1.88 bits per heavy atom. The molecule has 6 nitrogen and oxygen atoms in total. The Labute approximate surface area is 151 Å². The molecule has 2 aromatic heterocycles. The zero-order chi connectivity index (χ0) is 17.6. The van der Waals surface area contributed by atoms with Crippen molar-refractivity contribution < 1.29 is 4.42 Å². The molecule has 25 heavy (non-hydrogen) atoms. The molecular weight excluding hydrogens is 334 g/mol. The number of nitrogens with two attached hydrogens (primary N) is 1. The van der Waals surface area contributed by atoms with Crippen LogP contribution in [0.25, 0.3) is 11.3 Å². The zero-order valence-electron chi connectivity index (χ0n) is 13.8. The van der Waals surface area contributed by atoms with Crippen molar-refractivity contribution in [3.63, 3.8) is 0 Å². The summed E-state index contributed by atoms with van der Waals surface area (Å²) in [4.78, 5) is 8.27. The predicted molar refractivity (Wildman–Crippen MR) is 102 cm³/mol. The molecule has 0 saturated heterocycles. The van der Waals surface area contributed by atoms with Gasteiger partial charge in [0, 0.05) is 24.8 Å². The van der Waals surface area contributed by atoms with Crippen LogP contribution in [0.4, 0.5) is 5.82 Å². The second-order valence-electron chi connectivity index (χ2n) is 5.55. The van der Waals surface area contributed by atoms with E-state index >= 15 is 0 Å². The minimum Gasteiger partial charge on any atom is -0.451 e. The van der Waals surface area contributed by atoms with Gasteiger partial charge in [0.25, 0.3) is 0 Å². The molecule has 0 unspecified atom stereocenters. The fraction of sp³-hybridized carbons (Fsp3) is 0.167. The molecule has 0 amide bonds. The molecular formula is C18H19N5OS. The number of thiocarbonyl (C=S) groups is 1. The van der Waals surface area contributed by atoms with Crippen molar-refractivity contribution in [2.45, 2.75) is 20.0 Å². The number of benzene rings is 1. The van der Waals surface area contributed by atoms with Crippen LogP contribution in [-0.2, 0) is 13.1 Å². The SMILES string of the molecule is Cc1c(CNC(=S)NCc2ccccc2-c2cocn2)ccnc1N. The third-order valence-corrected chi connectivity index (χ3v) is 4.25. The Morgan fingerprint density at radius 3 is 2.64 bits per heavy atom. The minimum atomic E-state index is 0.541. The van der Waals surface area contributed by atoms with Gasteiger partial charge in [0.15, 0.2) is 11.5 Å². The van der Waals surface area contributed by atoms with Crippen LogP contribution in [0.5, 0.6) is 0 Å². The van der Waals surface area contributed by atoms with E-state index in [0.29, 0.717) is 24.0 Å². The Hall–Kier alpha value is -2.93. The standard InChI is InChI=1S/C18H19N5OS/c1-12-13(6-7-20-17(12)19)8-21-18(25)22-9-14-4-2-3-5-15(14)16-10-24-11-23-16/h2-7,10-11H,8-9H2,1H3,(H2,19,20)(H2,21,22,25). The molecule has 3 aromatic rings. The number of nitrogen functional groups attached to an aromatic ring is 1. The van der Waals surface area contributed by atoms with Crippen LogP contribution < -0.4 is 16.4 Å². The van der Waals surface area contributed by atoms with E-state index in [1.54, 1.807) is 12.5 Å². The van der Waals surface area contributed by atoms with Crippen molar-refractivity contribution in [3.8, 4) is 11.3 Å². The molecule has 0 aliphatic heterocycles. The minimum absolute atomic E-state index is 0.541. The Bertz CT molecular complexity index is 864. The van der Waals surface area contributed by atoms with E-state index in [-0.39, 0.29) is 0 Å². The Kier molecular flexibility index (Phi) is 5.25. The van der Waals surface area contributed by atoms with Gasteiger partial charge in [-0.2, -0.15) is 0 Å². The highest BCUT2D eigenvalue weighted by molar-refractivity contribution is 7.80. The summed E-state index contributed by atoms with van der Waals surface area (Å²) in [5.74, 6) is 0.541. The third kappa shape index (κ3) is 4.13. The lowest BCUT2D eigenvalue weighted by Gasteiger charge is -2.14. The number of nitrogens with zero attached hydrogens (tertiary/aromatic N) is 2. The lowest BCUT2D eigenvalue weighted by molar-refractivity contribution is 0.558. The first-order chi connectivity index (χ1) is 12.1. The summed E-state index contributed by atoms with van der Waals surface area (Å²) in [6, 6.07) is 9.93. The lowest BCUT2D eigenvalue weighted by Crippen LogP contribution is -2.34. The topological polar surface area (TPSA) is 89.0 Å². The largest absolute Gasteiger partial charge is 0.451 e. The number of oxazole rings is 1. The van der Waals surface area contributed by atoms with E-state index in [1.165, 1.54) is 6.39 Å². The fourth-order valence-electron chi connectivity index (χ4n) is 2.47. The van der Waals surface area contributed by atoms with Crippen molar-refractivity contribution >= 4 is 23.1 Å². The van der Waals surface area contributed by atoms with Crippen molar-refractivity contribution in [1.82, 2.24) is 20.6 Å². The van der Waals surface area contributed by atoms with E-state index in [4.69, 9.17) is 22.4 Å². The highest BCUT2D eigenvalue weighted by atomic mass is 32.1. The number of nitrogens with one attached hydrogen (secondary N) is 2. The van der Waals surface area contributed by atoms with Crippen LogP contribution in [0.2, 0.25) is 0 Å². The number of hydrogen-bond donors (Lipinski definition) is 3. The predicted octanol–water partition coefficient (Wildman–Crippen LogP) is 2.79. The van der Waals surface area contributed by atoms with Gasteiger partial charge in [0.1, 0.15) is 17.8 Å². The van der Waals surface area contributed by atoms with Gasteiger partial charge in [-0.1, -0.05) is 24.3 Å². The summed E-state index contributed by atoms with van der Waals surface area (Å²) < 4.78 is 5.07. The molecule has 0 spiro atoms. The van der Waals surface area contributed by atoms with Gasteiger partial charge in [-0.3, -0.25) is 0 Å². The Morgan fingerprint density at radius 1 is 1.12 bits per heavy atom. The fourth-order valence-corrected chi connectivity index (χ4v) is 2.61. The number of anilines is 1. The second-order valence-corrected chi connectivity index (χ2v) is 5.96. The molecule has 0 aliphatic carbocycles. The van der Waals surface area contributed by atoms with Crippen LogP contribution in [-0.4, -0.2) is 15.1 Å². The molecule has 0 bridgehead atoms. The second kappa shape index (κ2) is 7.76. The van der Waals surface area contributed by atoms with Gasteiger partial charge in [-0.25, -0.2) is 9.97 Å². The number of pyridine rings is 1. The number of rotatable bonds is 5. The number of hydrogen-bond acceptors (Lipinski definition) is 5. The highest BCUT2D eigenvalue weighted by Crippen LogP contribution is 2.21. The molecule has 7 heteroatoms. The summed E-state index contributed by atoms with van der Waals surface area (Å²) in [5.41, 5.74) is 10.8. The van der Waals surface area contributed by atoms with E-state index < -0.39 is 0 Å². The van der Waals surface area contributed by atoms with E-state index in [0.717, 1.165) is 27.9 Å². The van der Waals surface area contributed by atoms with Crippen LogP contribution >= 0.6 is 12.2 Å². The smallest absolute Gasteiger partial charge is 0.181 e. The summed E-state index contributed by atoms with van der Waals surface area (Å²) >= 11 is 5.37. The monoisotopic (exact) mass is 353 g/mol. The zero-order valence-corrected chi connectivity index (χ0v) is 14.6. The average molecular weight is 353 g/mol. The Balaban J connectivity index is 1.59. The van der Waals surface area contributed by atoms with E-state index in [2.05, 4.69) is 20.6 Å². The molecule has 2 heterocycles. The van der Waals surface area contributed by atoms with E-state index in [1.807, 2.05) is 37.3 Å². The first kappa shape index (κ1) is 16.9. The molecule has 3 rings (SSSR count). The van der Waals surface area contributed by atoms with Crippen LogP contribution in [0, 0.1) is 6.92 Å². The lowest BCUT2D eigenvalue weighted by atomic mass is 10.1. The van der Waals surface area contributed by atoms with Gasteiger partial charge in [-0.05, 0) is 41.9 Å². The summed E-state index contributed by atoms with van der Waals surface area (Å²) in [7, 11) is 0. The maximum Gasteiger partial charge on any atom is 0.181 e. The molecule has 1 aromatic carbocycles. The number of aromatic nitrogens is 2. The maximum atomic E-state index is 5.82. The first-order valence-electron chi connectivity index (χ1n) is 7.83. The maximum absolute atomic E-state index is 5.82. The molecule has 0 fully saturated rings. The van der Waals surface area contributed by atoms with Crippen LogP contribution in [0.15, 0.2) is 53.6 Å². The van der Waals surface area contributed by atoms with E-state index in [9.17, 15) is 0 Å². The van der Waals surface area contributed by atoms with Crippen molar-refractivity contribution in [2.75, 3.05) is 5.73 Å². The molecule has 128 valence electrons. The molecule has 0 saturated carbocycles. The highest BCUT2D eigenvalue weighted by Gasteiger charge is 2.08. The van der Waals surface area contributed by atoms with Crippen molar-refractivity contribution in [1.29, 1.82) is 0 Å². The van der Waals surface area contributed by atoms with Gasteiger partial charge in [0.05, 0.1) is 0 Å². The molecule has 4 N–H and O–H groups in total. The summed E-state index contributed by atoms with van der Waals surface area (Å²) in [6.45, 7) is 3.13. The van der Waals surface area contributed by atoms with Crippen LogP contribution in [0.3, 0.4) is 0 Å². The molecule has 0 atom stereocenters. The summed E-state index contributed by atoms with van der Waals surface area (Å²) in [5, 5.41) is 6.99. The van der Waals surface area contributed by atoms with Gasteiger partial charge in [0.2, 0.25) is 0 Å². The van der Waals surface area contributed by atoms with Crippen molar-refractivity contribution in [2.24, 2.45) is 0 Å². The summed E-state index contributed by atoms with van der Waals surface area (Å²) in [6.07, 6.45) is 4.75. The molecule has 0 radical (unpaired) electrons. The van der Waals surface area contributed by atoms with Gasteiger partial charge < -0.3 is 20.8 Å². The third-order valence-electron chi connectivity index (χ3n) is 3.96. The first-order valence-corrected chi connectivity index (χ1v) is 8.24. The average Bonchev–Trinajstić information content (AvgIpc) is 3.16. The van der Waals surface area contributed by atoms with Gasteiger partial charge >= 0.3 is 0 Å². The quantitative estimate of drug-likeness (QED) is 0.608. The van der Waals surface area contributed by atoms with Crippen molar-refractivity contribution in [3.05, 3.63) is 65.9 Å². The van der Waals surface area contributed by atoms with Gasteiger partial charge in [-0.15, -0.1) is 0 Å².